The second-order valence-electron chi connectivity index (χ2n) is 6.16. The molecule has 0 saturated heterocycles. The van der Waals surface area contributed by atoms with Gasteiger partial charge >= 0.3 is 5.97 Å². The Kier molecular flexibility index (Phi) is 3.24. The molecule has 7 nitrogen and oxygen atoms in total. The Labute approximate surface area is 142 Å². The first-order valence-corrected chi connectivity index (χ1v) is 7.64. The lowest BCUT2D eigenvalue weighted by molar-refractivity contribution is -0.145. The summed E-state index contributed by atoms with van der Waals surface area (Å²) in [4.78, 5) is 26.0. The number of carbonyl (C=O) groups excluding carboxylic acids is 1. The molecule has 3 heterocycles. The van der Waals surface area contributed by atoms with Gasteiger partial charge in [-0.05, 0) is 36.7 Å². The monoisotopic (exact) mass is 338 g/mol. The Morgan fingerprint density at radius 2 is 1.92 bits per heavy atom. The molecule has 7 heteroatoms. The van der Waals surface area contributed by atoms with Crippen molar-refractivity contribution >= 4 is 28.3 Å². The van der Waals surface area contributed by atoms with Crippen LogP contribution in [0.15, 0.2) is 58.1 Å². The normalized spacial score (nSPS) is 16.3. The first-order valence-electron chi connectivity index (χ1n) is 7.64. The van der Waals surface area contributed by atoms with E-state index in [1.54, 1.807) is 50.4 Å². The van der Waals surface area contributed by atoms with Gasteiger partial charge in [-0.3, -0.25) is 0 Å². The van der Waals surface area contributed by atoms with Crippen molar-refractivity contribution < 1.29 is 18.7 Å². The largest absolute Gasteiger partial charge is 0.459 e. The van der Waals surface area contributed by atoms with E-state index in [1.165, 1.54) is 6.26 Å². The highest BCUT2D eigenvalue weighted by Gasteiger charge is 2.43. The van der Waals surface area contributed by atoms with Gasteiger partial charge in [0.2, 0.25) is 5.76 Å². The fourth-order valence-corrected chi connectivity index (χ4v) is 2.97. The van der Waals surface area contributed by atoms with Crippen molar-refractivity contribution in [3.63, 3.8) is 0 Å². The van der Waals surface area contributed by atoms with Crippen molar-refractivity contribution in [3.8, 4) is 5.75 Å². The number of esters is 1. The molecule has 0 spiro atoms. The molecule has 0 radical (unpaired) electrons. The first-order chi connectivity index (χ1) is 12.0. The topological polar surface area (TPSA) is 93.9 Å². The zero-order valence-electron chi connectivity index (χ0n) is 13.5. The average Bonchev–Trinajstić information content (AvgIpc) is 3.23. The van der Waals surface area contributed by atoms with E-state index in [0.717, 1.165) is 5.52 Å². The summed E-state index contributed by atoms with van der Waals surface area (Å²) < 4.78 is 16.7. The molecule has 0 saturated carbocycles. The fraction of sp³-hybridized carbons (Fsp3) is 0.167. The summed E-state index contributed by atoms with van der Waals surface area (Å²) in [5, 5.41) is 2.89. The maximum Gasteiger partial charge on any atom is 0.375 e. The Hall–Kier alpha value is -3.35. The third-order valence-electron chi connectivity index (χ3n) is 4.08. The molecule has 4 rings (SSSR count). The SMILES string of the molecule is CC1(C)OC(=O)C(Oc2c[nH]c3ccoc23)=C1c1ccc(N=O)cc1. The number of hydrogen-bond acceptors (Lipinski definition) is 6. The van der Waals surface area contributed by atoms with E-state index in [2.05, 4.69) is 10.2 Å². The Morgan fingerprint density at radius 3 is 2.64 bits per heavy atom. The van der Waals surface area contributed by atoms with Crippen molar-refractivity contribution in [3.05, 3.63) is 59.0 Å². The molecule has 0 fully saturated rings. The molecule has 3 aromatic rings. The molecule has 1 N–H and O–H groups in total. The Bertz CT molecular complexity index is 1010. The average molecular weight is 338 g/mol. The van der Waals surface area contributed by atoms with E-state index in [9.17, 15) is 9.70 Å². The molecule has 0 amide bonds. The van der Waals surface area contributed by atoms with Gasteiger partial charge in [0.1, 0.15) is 11.3 Å². The zero-order chi connectivity index (χ0) is 17.6. The van der Waals surface area contributed by atoms with Crippen LogP contribution in [0.25, 0.3) is 16.7 Å². The molecule has 25 heavy (non-hydrogen) atoms. The number of carbonyl (C=O) groups is 1. The van der Waals surface area contributed by atoms with Gasteiger partial charge in [0.05, 0.1) is 17.4 Å². The lowest BCUT2D eigenvalue weighted by Gasteiger charge is -2.20. The molecular formula is C18H14N2O5. The van der Waals surface area contributed by atoms with Crippen LogP contribution in [0, 0.1) is 4.91 Å². The van der Waals surface area contributed by atoms with Crippen LogP contribution < -0.4 is 4.74 Å². The molecule has 0 bridgehead atoms. The number of ether oxygens (including phenoxy) is 2. The molecule has 0 atom stereocenters. The molecule has 1 aliphatic rings. The number of H-pyrrole nitrogens is 1. The van der Waals surface area contributed by atoms with E-state index >= 15 is 0 Å². The van der Waals surface area contributed by atoms with Crippen LogP contribution in [0.2, 0.25) is 0 Å². The number of hydrogen-bond donors (Lipinski definition) is 1. The van der Waals surface area contributed by atoms with Gasteiger partial charge in [0.25, 0.3) is 0 Å². The van der Waals surface area contributed by atoms with Crippen molar-refractivity contribution in [2.75, 3.05) is 0 Å². The maximum atomic E-state index is 12.4. The number of cyclic esters (lactones) is 1. The van der Waals surface area contributed by atoms with Crippen molar-refractivity contribution in [1.82, 2.24) is 4.98 Å². The smallest absolute Gasteiger partial charge is 0.375 e. The third kappa shape index (κ3) is 2.40. The molecule has 2 aromatic heterocycles. The zero-order valence-corrected chi connectivity index (χ0v) is 13.5. The minimum absolute atomic E-state index is 0.0918. The number of nitrogens with one attached hydrogen (secondary N) is 1. The van der Waals surface area contributed by atoms with E-state index in [4.69, 9.17) is 13.9 Å². The van der Waals surface area contributed by atoms with Crippen LogP contribution in [0.3, 0.4) is 0 Å². The number of rotatable bonds is 4. The number of aromatic nitrogens is 1. The van der Waals surface area contributed by atoms with E-state index in [0.29, 0.717) is 28.2 Å². The van der Waals surface area contributed by atoms with Gasteiger partial charge in [0.15, 0.2) is 11.3 Å². The third-order valence-corrected chi connectivity index (χ3v) is 4.08. The summed E-state index contributed by atoms with van der Waals surface area (Å²) >= 11 is 0. The van der Waals surface area contributed by atoms with Crippen molar-refractivity contribution in [2.45, 2.75) is 19.4 Å². The van der Waals surface area contributed by atoms with Crippen molar-refractivity contribution in [1.29, 1.82) is 0 Å². The highest BCUT2D eigenvalue weighted by atomic mass is 16.6. The standard InChI is InChI=1S/C18H14N2O5/c1-18(2)14(10-3-5-11(20-22)6-4-10)16(17(21)25-18)24-13-9-19-12-7-8-23-15(12)13/h3-9,19H,1-2H3. The van der Waals surface area contributed by atoms with Gasteiger partial charge in [0, 0.05) is 12.3 Å². The first kappa shape index (κ1) is 15.2. The molecule has 126 valence electrons. The number of aromatic amines is 1. The number of furan rings is 1. The Balaban J connectivity index is 1.83. The lowest BCUT2D eigenvalue weighted by Crippen LogP contribution is -2.22. The predicted molar refractivity (Wildman–Crippen MR) is 90.2 cm³/mol. The summed E-state index contributed by atoms with van der Waals surface area (Å²) in [6.07, 6.45) is 3.15. The van der Waals surface area contributed by atoms with E-state index in [1.807, 2.05) is 0 Å². The van der Waals surface area contributed by atoms with E-state index < -0.39 is 11.6 Å². The van der Waals surface area contributed by atoms with Gasteiger partial charge in [-0.25, -0.2) is 4.79 Å². The summed E-state index contributed by atoms with van der Waals surface area (Å²) in [6.45, 7) is 3.56. The number of nitrogens with zero attached hydrogens (tertiary/aromatic N) is 1. The van der Waals surface area contributed by atoms with Crippen LogP contribution in [0.4, 0.5) is 5.69 Å². The van der Waals surface area contributed by atoms with Crippen LogP contribution in [0.1, 0.15) is 19.4 Å². The highest BCUT2D eigenvalue weighted by Crippen LogP contribution is 2.41. The maximum absolute atomic E-state index is 12.4. The second-order valence-corrected chi connectivity index (χ2v) is 6.16. The number of fused-ring (bicyclic) bond motifs is 1. The minimum Gasteiger partial charge on any atom is -0.459 e. The molecule has 0 unspecified atom stereocenters. The van der Waals surface area contributed by atoms with Crippen LogP contribution in [-0.4, -0.2) is 16.6 Å². The quantitative estimate of drug-likeness (QED) is 0.566. The molecule has 1 aromatic carbocycles. The minimum atomic E-state index is -0.874. The van der Waals surface area contributed by atoms with Crippen molar-refractivity contribution in [2.24, 2.45) is 5.18 Å². The summed E-state index contributed by atoms with van der Waals surface area (Å²) in [7, 11) is 0. The van der Waals surface area contributed by atoms with Crippen LogP contribution in [-0.2, 0) is 9.53 Å². The van der Waals surface area contributed by atoms with E-state index in [-0.39, 0.29) is 5.76 Å². The molecule has 1 aliphatic heterocycles. The predicted octanol–water partition coefficient (Wildman–Crippen LogP) is 4.28. The Morgan fingerprint density at radius 1 is 1.16 bits per heavy atom. The second kappa shape index (κ2) is 5.34. The highest BCUT2D eigenvalue weighted by molar-refractivity contribution is 6.03. The van der Waals surface area contributed by atoms with Crippen LogP contribution in [0.5, 0.6) is 5.75 Å². The van der Waals surface area contributed by atoms with Gasteiger partial charge in [-0.15, -0.1) is 4.91 Å². The number of benzene rings is 1. The molecule has 0 aliphatic carbocycles. The summed E-state index contributed by atoms with van der Waals surface area (Å²) in [5.41, 5.74) is 2.02. The van der Waals surface area contributed by atoms with Crippen LogP contribution >= 0.6 is 0 Å². The lowest BCUT2D eigenvalue weighted by atomic mass is 9.91. The summed E-state index contributed by atoms with van der Waals surface area (Å²) in [5.74, 6) is -0.0686. The number of nitroso groups, excluding NO2 is 1. The summed E-state index contributed by atoms with van der Waals surface area (Å²) in [6, 6.07) is 8.33. The van der Waals surface area contributed by atoms with Gasteiger partial charge < -0.3 is 18.9 Å². The molecular weight excluding hydrogens is 324 g/mol. The fourth-order valence-electron chi connectivity index (χ4n) is 2.97. The van der Waals surface area contributed by atoms with Gasteiger partial charge in [-0.1, -0.05) is 12.1 Å². The van der Waals surface area contributed by atoms with Gasteiger partial charge in [-0.2, -0.15) is 0 Å².